The number of nitrogens with one attached hydrogen (secondary N) is 1. The highest BCUT2D eigenvalue weighted by Crippen LogP contribution is 2.26. The van der Waals surface area contributed by atoms with Gasteiger partial charge >= 0.3 is 0 Å². The second kappa shape index (κ2) is 10.3. The van der Waals surface area contributed by atoms with Crippen molar-refractivity contribution in [1.29, 1.82) is 0 Å². The number of nitrogens with zero attached hydrogens (tertiary/aromatic N) is 3. The topological polar surface area (TPSA) is 68.9 Å². The van der Waals surface area contributed by atoms with Gasteiger partial charge in [0, 0.05) is 30.5 Å². The second-order valence-corrected chi connectivity index (χ2v) is 9.13. The molecule has 0 fully saturated rings. The number of amides is 1. The number of hydrogen-bond acceptors (Lipinski definition) is 3. The predicted molar refractivity (Wildman–Crippen MR) is 141 cm³/mol. The highest BCUT2D eigenvalue weighted by Gasteiger charge is 2.21. The van der Waals surface area contributed by atoms with Gasteiger partial charge in [0.2, 0.25) is 5.91 Å². The summed E-state index contributed by atoms with van der Waals surface area (Å²) in [4.78, 5) is 26.1. The molecule has 6 nitrogen and oxygen atoms in total. The fourth-order valence-corrected chi connectivity index (χ4v) is 4.72. The van der Waals surface area contributed by atoms with Crippen molar-refractivity contribution >= 4 is 16.9 Å². The minimum Gasteiger partial charge on any atom is -0.352 e. The molecular weight excluding hydrogens is 436 g/mol. The Balaban J connectivity index is 1.60. The quantitative estimate of drug-likeness (QED) is 0.396. The van der Waals surface area contributed by atoms with E-state index in [1.165, 1.54) is 5.56 Å². The summed E-state index contributed by atoms with van der Waals surface area (Å²) in [5.74, 6) is -0.0568. The third-order valence-electron chi connectivity index (χ3n) is 6.71. The van der Waals surface area contributed by atoms with Crippen LogP contribution in [-0.4, -0.2) is 20.3 Å². The van der Waals surface area contributed by atoms with Gasteiger partial charge in [-0.25, -0.2) is 4.68 Å². The number of aryl methyl sites for hydroxylation is 5. The molecule has 0 saturated heterocycles. The summed E-state index contributed by atoms with van der Waals surface area (Å²) < 4.78 is 3.66. The fraction of sp³-hybridized carbons (Fsp3) is 0.345. The van der Waals surface area contributed by atoms with E-state index in [9.17, 15) is 9.59 Å². The van der Waals surface area contributed by atoms with Crippen molar-refractivity contribution in [1.82, 2.24) is 19.7 Å². The molecule has 4 aromatic rings. The van der Waals surface area contributed by atoms with Crippen molar-refractivity contribution in [2.24, 2.45) is 0 Å². The number of carbonyl (C=O) groups excluding carboxylic acids is 1. The van der Waals surface area contributed by atoms with Crippen molar-refractivity contribution in [3.8, 4) is 5.69 Å². The molecule has 4 rings (SSSR count). The van der Waals surface area contributed by atoms with Crippen LogP contribution >= 0.6 is 0 Å². The van der Waals surface area contributed by atoms with Gasteiger partial charge in [-0.3, -0.25) is 14.2 Å². The van der Waals surface area contributed by atoms with E-state index in [1.807, 2.05) is 62.7 Å². The van der Waals surface area contributed by atoms with Gasteiger partial charge in [-0.15, -0.1) is 0 Å². The molecule has 6 heteroatoms. The van der Waals surface area contributed by atoms with E-state index in [1.54, 1.807) is 4.57 Å². The molecule has 35 heavy (non-hydrogen) atoms. The van der Waals surface area contributed by atoms with Gasteiger partial charge < -0.3 is 5.32 Å². The first-order valence-electron chi connectivity index (χ1n) is 12.4. The summed E-state index contributed by atoms with van der Waals surface area (Å²) in [6.45, 7) is 11.1. The van der Waals surface area contributed by atoms with Crippen LogP contribution in [0.2, 0.25) is 0 Å². The number of hydrogen-bond donors (Lipinski definition) is 1. The normalized spacial score (nSPS) is 11.2. The molecule has 2 aromatic carbocycles. The van der Waals surface area contributed by atoms with Crippen LogP contribution in [0.25, 0.3) is 16.7 Å². The van der Waals surface area contributed by atoms with Crippen LogP contribution in [0.15, 0.2) is 53.3 Å². The molecule has 2 aromatic heterocycles. The SMILES string of the molecule is CCc1ccc(CNC(=O)CCc2c(C)c3c(C)nn(-c4cccc(C)c4)c3n(CC)c2=O)cc1. The van der Waals surface area contributed by atoms with Crippen LogP contribution in [0.5, 0.6) is 0 Å². The van der Waals surface area contributed by atoms with E-state index < -0.39 is 0 Å². The molecule has 0 aliphatic rings. The maximum absolute atomic E-state index is 13.5. The largest absolute Gasteiger partial charge is 0.352 e. The summed E-state index contributed by atoms with van der Waals surface area (Å²) in [6.07, 6.45) is 1.66. The second-order valence-electron chi connectivity index (χ2n) is 9.13. The number of rotatable bonds is 8. The molecule has 2 heterocycles. The van der Waals surface area contributed by atoms with Crippen LogP contribution in [0.1, 0.15) is 53.8 Å². The van der Waals surface area contributed by atoms with E-state index in [0.717, 1.165) is 45.5 Å². The zero-order chi connectivity index (χ0) is 25.1. The molecule has 0 spiro atoms. The molecule has 1 N–H and O–H groups in total. The first-order valence-corrected chi connectivity index (χ1v) is 12.4. The Morgan fingerprint density at radius 3 is 2.37 bits per heavy atom. The van der Waals surface area contributed by atoms with Crippen molar-refractivity contribution in [3.63, 3.8) is 0 Å². The van der Waals surface area contributed by atoms with Gasteiger partial charge in [0.25, 0.3) is 5.56 Å². The van der Waals surface area contributed by atoms with Crippen LogP contribution in [-0.2, 0) is 30.7 Å². The maximum Gasteiger partial charge on any atom is 0.255 e. The summed E-state index contributed by atoms with van der Waals surface area (Å²) >= 11 is 0. The highest BCUT2D eigenvalue weighted by molar-refractivity contribution is 5.85. The molecule has 182 valence electrons. The van der Waals surface area contributed by atoms with E-state index >= 15 is 0 Å². The zero-order valence-corrected chi connectivity index (χ0v) is 21.3. The molecule has 0 unspecified atom stereocenters. The van der Waals surface area contributed by atoms with Gasteiger partial charge in [0.05, 0.1) is 11.4 Å². The first kappa shape index (κ1) is 24.5. The number of pyridine rings is 1. The number of aromatic nitrogens is 3. The smallest absolute Gasteiger partial charge is 0.255 e. The van der Waals surface area contributed by atoms with Gasteiger partial charge in [0.15, 0.2) is 0 Å². The summed E-state index contributed by atoms with van der Waals surface area (Å²) in [7, 11) is 0. The minimum absolute atomic E-state index is 0.0470. The Bertz CT molecular complexity index is 1430. The van der Waals surface area contributed by atoms with Gasteiger partial charge in [0.1, 0.15) is 5.65 Å². The molecule has 0 bridgehead atoms. The van der Waals surface area contributed by atoms with Gasteiger partial charge in [-0.2, -0.15) is 5.10 Å². The van der Waals surface area contributed by atoms with E-state index in [0.29, 0.717) is 25.1 Å². The average Bonchev–Trinajstić information content (AvgIpc) is 3.20. The lowest BCUT2D eigenvalue weighted by molar-refractivity contribution is -0.121. The highest BCUT2D eigenvalue weighted by atomic mass is 16.1. The Kier molecular flexibility index (Phi) is 7.20. The summed E-state index contributed by atoms with van der Waals surface area (Å²) in [5, 5.41) is 8.78. The Morgan fingerprint density at radius 1 is 1.00 bits per heavy atom. The third-order valence-corrected chi connectivity index (χ3v) is 6.71. The van der Waals surface area contributed by atoms with Crippen molar-refractivity contribution in [2.45, 2.75) is 67.0 Å². The van der Waals surface area contributed by atoms with Crippen molar-refractivity contribution in [2.75, 3.05) is 0 Å². The lowest BCUT2D eigenvalue weighted by Gasteiger charge is -2.15. The summed E-state index contributed by atoms with van der Waals surface area (Å²) in [5.41, 5.74) is 7.65. The number of carbonyl (C=O) groups is 1. The minimum atomic E-state index is -0.0568. The van der Waals surface area contributed by atoms with Crippen LogP contribution in [0.3, 0.4) is 0 Å². The molecular formula is C29H34N4O2. The first-order chi connectivity index (χ1) is 16.8. The van der Waals surface area contributed by atoms with Crippen LogP contribution in [0, 0.1) is 20.8 Å². The van der Waals surface area contributed by atoms with Crippen molar-refractivity contribution < 1.29 is 4.79 Å². The zero-order valence-electron chi connectivity index (χ0n) is 21.3. The van der Waals surface area contributed by atoms with E-state index in [-0.39, 0.29) is 17.9 Å². The monoisotopic (exact) mass is 470 g/mol. The molecule has 0 radical (unpaired) electrons. The Hall–Kier alpha value is -3.67. The molecule has 1 amide bonds. The molecule has 0 aliphatic heterocycles. The number of fused-ring (bicyclic) bond motifs is 1. The number of benzene rings is 2. The maximum atomic E-state index is 13.5. The van der Waals surface area contributed by atoms with E-state index in [4.69, 9.17) is 5.10 Å². The van der Waals surface area contributed by atoms with E-state index in [2.05, 4.69) is 30.4 Å². The van der Waals surface area contributed by atoms with Crippen molar-refractivity contribution in [3.05, 3.63) is 92.4 Å². The average molecular weight is 471 g/mol. The standard InChI is InChI=1S/C29H34N4O2/c1-6-22-11-13-23(14-12-22)18-30-26(34)16-15-25-20(4)27-21(5)31-33(24-10-8-9-19(3)17-24)28(27)32(7-2)29(25)35/h8-14,17H,6-7,15-16,18H2,1-5H3,(H,30,34). The van der Waals surface area contributed by atoms with Gasteiger partial charge in [-0.05, 0) is 74.9 Å². The fourth-order valence-electron chi connectivity index (χ4n) is 4.72. The molecule has 0 atom stereocenters. The Morgan fingerprint density at radius 2 is 1.71 bits per heavy atom. The predicted octanol–water partition coefficient (Wildman–Crippen LogP) is 4.94. The molecule has 0 aliphatic carbocycles. The Labute approximate surface area is 206 Å². The third kappa shape index (κ3) is 4.92. The lowest BCUT2D eigenvalue weighted by Crippen LogP contribution is -2.28. The lowest BCUT2D eigenvalue weighted by atomic mass is 10.0. The molecule has 0 saturated carbocycles. The summed E-state index contributed by atoms with van der Waals surface area (Å²) in [6, 6.07) is 16.4. The van der Waals surface area contributed by atoms with Gasteiger partial charge in [-0.1, -0.05) is 43.3 Å². The van der Waals surface area contributed by atoms with Crippen LogP contribution < -0.4 is 10.9 Å². The van der Waals surface area contributed by atoms with Crippen LogP contribution in [0.4, 0.5) is 0 Å².